The van der Waals surface area contributed by atoms with Gasteiger partial charge in [-0.3, -0.25) is 4.79 Å². The van der Waals surface area contributed by atoms with Gasteiger partial charge in [0.25, 0.3) is 5.91 Å². The molecule has 0 radical (unpaired) electrons. The smallest absolute Gasteiger partial charge is 0.255 e. The number of carbonyl (C=O) groups excluding carboxylic acids is 1. The van der Waals surface area contributed by atoms with E-state index in [-0.39, 0.29) is 33.0 Å². The zero-order chi connectivity index (χ0) is 20.5. The second-order valence-corrected chi connectivity index (χ2v) is 9.53. The van der Waals surface area contributed by atoms with E-state index in [1.807, 2.05) is 0 Å². The number of hydrogen-bond donors (Lipinski definition) is 2. The first-order chi connectivity index (χ1) is 13.2. The van der Waals surface area contributed by atoms with Gasteiger partial charge in [0.2, 0.25) is 10.0 Å². The van der Waals surface area contributed by atoms with Crippen LogP contribution in [0.15, 0.2) is 45.8 Å². The molecule has 2 N–H and O–H groups in total. The number of nitrogens with zero attached hydrogens (tertiary/aromatic N) is 1. The summed E-state index contributed by atoms with van der Waals surface area (Å²) in [7, 11) is -3.90. The van der Waals surface area contributed by atoms with Crippen molar-refractivity contribution in [2.45, 2.75) is 23.8 Å². The molecule has 6 nitrogen and oxygen atoms in total. The van der Waals surface area contributed by atoms with Crippen LogP contribution in [0.1, 0.15) is 23.2 Å². The lowest BCUT2D eigenvalue weighted by atomic mass is 10.1. The van der Waals surface area contributed by atoms with E-state index in [4.69, 9.17) is 11.6 Å². The number of amides is 1. The molecule has 0 spiro atoms. The zero-order valence-corrected chi connectivity index (χ0v) is 17.7. The minimum Gasteiger partial charge on any atom is -0.393 e. The molecule has 3 rings (SSSR count). The molecular formula is C18H17BrClFN2O4S. The van der Waals surface area contributed by atoms with E-state index < -0.39 is 27.9 Å². The van der Waals surface area contributed by atoms with Gasteiger partial charge in [-0.15, -0.1) is 0 Å². The number of piperidine rings is 1. The summed E-state index contributed by atoms with van der Waals surface area (Å²) in [6.45, 7) is 0.361. The van der Waals surface area contributed by atoms with E-state index in [0.717, 1.165) is 0 Å². The molecule has 0 unspecified atom stereocenters. The van der Waals surface area contributed by atoms with Gasteiger partial charge in [-0.1, -0.05) is 11.6 Å². The lowest BCUT2D eigenvalue weighted by Crippen LogP contribution is -2.40. The van der Waals surface area contributed by atoms with Crippen LogP contribution >= 0.6 is 27.5 Å². The van der Waals surface area contributed by atoms with Crippen LogP contribution in [0.2, 0.25) is 5.02 Å². The highest BCUT2D eigenvalue weighted by Gasteiger charge is 2.31. The number of aliphatic hydroxyl groups excluding tert-OH is 1. The highest BCUT2D eigenvalue weighted by atomic mass is 79.9. The average Bonchev–Trinajstić information content (AvgIpc) is 2.65. The Morgan fingerprint density at radius 2 is 1.89 bits per heavy atom. The molecule has 0 bridgehead atoms. The Balaban J connectivity index is 1.86. The topological polar surface area (TPSA) is 86.7 Å². The second kappa shape index (κ2) is 8.46. The summed E-state index contributed by atoms with van der Waals surface area (Å²) in [5, 5.41) is 12.2. The van der Waals surface area contributed by atoms with Gasteiger partial charge in [-0.05, 0) is 65.2 Å². The molecule has 1 aliphatic heterocycles. The molecular weight excluding hydrogens is 475 g/mol. The number of sulfonamides is 1. The van der Waals surface area contributed by atoms with Crippen molar-refractivity contribution < 1.29 is 22.7 Å². The maximum Gasteiger partial charge on any atom is 0.255 e. The number of halogens is 3. The predicted molar refractivity (Wildman–Crippen MR) is 108 cm³/mol. The highest BCUT2D eigenvalue weighted by Crippen LogP contribution is 2.28. The Kier molecular flexibility index (Phi) is 6.41. The summed E-state index contributed by atoms with van der Waals surface area (Å²) >= 11 is 9.14. The first-order valence-electron chi connectivity index (χ1n) is 8.42. The van der Waals surface area contributed by atoms with Crippen LogP contribution in [0, 0.1) is 5.82 Å². The van der Waals surface area contributed by atoms with Crippen LogP contribution in [-0.4, -0.2) is 42.9 Å². The third-order valence-corrected chi connectivity index (χ3v) is 7.40. The Morgan fingerprint density at radius 3 is 2.54 bits per heavy atom. The van der Waals surface area contributed by atoms with Crippen molar-refractivity contribution >= 4 is 49.1 Å². The molecule has 2 aromatic rings. The monoisotopic (exact) mass is 490 g/mol. The van der Waals surface area contributed by atoms with Crippen LogP contribution in [0.25, 0.3) is 0 Å². The fourth-order valence-corrected chi connectivity index (χ4v) is 5.19. The van der Waals surface area contributed by atoms with Crippen molar-refractivity contribution in [2.75, 3.05) is 18.4 Å². The van der Waals surface area contributed by atoms with Gasteiger partial charge in [0.05, 0.1) is 15.6 Å². The summed E-state index contributed by atoms with van der Waals surface area (Å²) in [6.07, 6.45) is 0.168. The first-order valence-corrected chi connectivity index (χ1v) is 11.0. The minimum absolute atomic E-state index is 0.00667. The quantitative estimate of drug-likeness (QED) is 0.684. The molecule has 1 heterocycles. The lowest BCUT2D eigenvalue weighted by Gasteiger charge is -2.29. The van der Waals surface area contributed by atoms with Crippen molar-refractivity contribution in [3.05, 3.63) is 57.3 Å². The Bertz CT molecular complexity index is 1010. The molecule has 0 aromatic heterocycles. The summed E-state index contributed by atoms with van der Waals surface area (Å²) in [5.74, 6) is -1.02. The summed E-state index contributed by atoms with van der Waals surface area (Å²) < 4.78 is 40.6. The van der Waals surface area contributed by atoms with E-state index in [1.54, 1.807) is 0 Å². The number of hydrogen-bond acceptors (Lipinski definition) is 4. The molecule has 1 saturated heterocycles. The number of rotatable bonds is 4. The predicted octanol–water partition coefficient (Wildman–Crippen LogP) is 3.64. The van der Waals surface area contributed by atoms with Gasteiger partial charge in [0.15, 0.2) is 0 Å². The average molecular weight is 492 g/mol. The molecule has 1 amide bonds. The number of nitrogens with one attached hydrogen (secondary N) is 1. The van der Waals surface area contributed by atoms with Gasteiger partial charge >= 0.3 is 0 Å². The minimum atomic E-state index is -3.90. The first kappa shape index (κ1) is 21.2. The van der Waals surface area contributed by atoms with E-state index in [9.17, 15) is 22.7 Å². The van der Waals surface area contributed by atoms with Gasteiger partial charge in [-0.25, -0.2) is 12.8 Å². The van der Waals surface area contributed by atoms with Gasteiger partial charge in [0, 0.05) is 24.3 Å². The van der Waals surface area contributed by atoms with Crippen LogP contribution < -0.4 is 5.32 Å². The maximum atomic E-state index is 13.3. The van der Waals surface area contributed by atoms with Crippen molar-refractivity contribution in [3.8, 4) is 0 Å². The number of carbonyl (C=O) groups is 1. The van der Waals surface area contributed by atoms with Crippen LogP contribution in [0.3, 0.4) is 0 Å². The van der Waals surface area contributed by atoms with Crippen molar-refractivity contribution in [2.24, 2.45) is 0 Å². The third kappa shape index (κ3) is 4.55. The fraction of sp³-hybridized carbons (Fsp3) is 0.278. The lowest BCUT2D eigenvalue weighted by molar-refractivity contribution is 0.102. The van der Waals surface area contributed by atoms with E-state index >= 15 is 0 Å². The standard InChI is InChI=1S/C18H17BrClFN2O4S/c19-14-10-12(2-4-16(14)21)22-18(25)11-1-3-15(20)17(9-11)28(26,27)23-7-5-13(24)6-8-23/h1-4,9-10,13,24H,5-8H2,(H,22,25). The molecule has 2 aromatic carbocycles. The van der Waals surface area contributed by atoms with Gasteiger partial charge in [-0.2, -0.15) is 4.31 Å². The molecule has 28 heavy (non-hydrogen) atoms. The molecule has 1 aliphatic rings. The van der Waals surface area contributed by atoms with Crippen LogP contribution in [0.4, 0.5) is 10.1 Å². The van der Waals surface area contributed by atoms with Gasteiger partial charge in [0.1, 0.15) is 10.7 Å². The molecule has 0 saturated carbocycles. The molecule has 10 heteroatoms. The van der Waals surface area contributed by atoms with Crippen molar-refractivity contribution in [1.82, 2.24) is 4.31 Å². The number of benzene rings is 2. The zero-order valence-electron chi connectivity index (χ0n) is 14.5. The van der Waals surface area contributed by atoms with Crippen molar-refractivity contribution in [1.29, 1.82) is 0 Å². The van der Waals surface area contributed by atoms with Gasteiger partial charge < -0.3 is 10.4 Å². The highest BCUT2D eigenvalue weighted by molar-refractivity contribution is 9.10. The fourth-order valence-electron chi connectivity index (χ4n) is 2.84. The van der Waals surface area contributed by atoms with Crippen LogP contribution in [0.5, 0.6) is 0 Å². The molecule has 0 atom stereocenters. The molecule has 150 valence electrons. The van der Waals surface area contributed by atoms with E-state index in [1.165, 1.54) is 40.7 Å². The van der Waals surface area contributed by atoms with Crippen LogP contribution in [-0.2, 0) is 10.0 Å². The van der Waals surface area contributed by atoms with E-state index in [2.05, 4.69) is 21.2 Å². The number of aliphatic hydroxyl groups is 1. The normalized spacial score (nSPS) is 16.1. The SMILES string of the molecule is O=C(Nc1ccc(F)c(Br)c1)c1ccc(Cl)c(S(=O)(=O)N2CCC(O)CC2)c1. The summed E-state index contributed by atoms with van der Waals surface area (Å²) in [4.78, 5) is 12.3. The second-order valence-electron chi connectivity index (χ2n) is 6.36. The third-order valence-electron chi connectivity index (χ3n) is 4.41. The van der Waals surface area contributed by atoms with Crippen molar-refractivity contribution in [3.63, 3.8) is 0 Å². The summed E-state index contributed by atoms with van der Waals surface area (Å²) in [6, 6.07) is 7.97. The Hall–Kier alpha value is -1.52. The Morgan fingerprint density at radius 1 is 1.21 bits per heavy atom. The maximum absolute atomic E-state index is 13.3. The summed E-state index contributed by atoms with van der Waals surface area (Å²) in [5.41, 5.74) is 0.447. The largest absolute Gasteiger partial charge is 0.393 e. The molecule has 0 aliphatic carbocycles. The number of anilines is 1. The Labute approximate surface area is 175 Å². The van der Waals surface area contributed by atoms with E-state index in [0.29, 0.717) is 18.5 Å². The molecule has 1 fully saturated rings.